The molecule has 0 spiro atoms. The van der Waals surface area contributed by atoms with Crippen molar-refractivity contribution in [2.45, 2.75) is 54.0 Å². The van der Waals surface area contributed by atoms with Gasteiger partial charge in [0, 0.05) is 24.2 Å². The summed E-state index contributed by atoms with van der Waals surface area (Å²) in [6.45, 7) is 0. The molecule has 1 aliphatic carbocycles. The highest BCUT2D eigenvalue weighted by Crippen LogP contribution is 2.37. The van der Waals surface area contributed by atoms with Gasteiger partial charge in [-0.2, -0.15) is 8.42 Å². The summed E-state index contributed by atoms with van der Waals surface area (Å²) in [6, 6.07) is 9.69. The second-order valence-electron chi connectivity index (χ2n) is 8.00. The summed E-state index contributed by atoms with van der Waals surface area (Å²) in [5, 5.41) is 2.15. The lowest BCUT2D eigenvalue weighted by Crippen LogP contribution is -2.42. The fourth-order valence-corrected chi connectivity index (χ4v) is 7.88. The van der Waals surface area contributed by atoms with Crippen LogP contribution in [0.3, 0.4) is 0 Å². The van der Waals surface area contributed by atoms with E-state index in [0.717, 1.165) is 55.2 Å². The van der Waals surface area contributed by atoms with Crippen LogP contribution in [0.1, 0.15) is 38.5 Å². The highest BCUT2D eigenvalue weighted by Gasteiger charge is 2.43. The molecule has 4 rings (SSSR count). The molecule has 182 valence electrons. The van der Waals surface area contributed by atoms with E-state index in [1.165, 1.54) is 24.1 Å². The van der Waals surface area contributed by atoms with E-state index >= 15 is 0 Å². The Morgan fingerprint density at radius 2 is 2.00 bits per heavy atom. The third kappa shape index (κ3) is 5.76. The van der Waals surface area contributed by atoms with Crippen molar-refractivity contribution in [1.29, 1.82) is 0 Å². The van der Waals surface area contributed by atoms with Crippen LogP contribution in [0, 0.1) is 0 Å². The van der Waals surface area contributed by atoms with Crippen molar-refractivity contribution in [3.8, 4) is 5.75 Å². The fourth-order valence-electron chi connectivity index (χ4n) is 4.02. The summed E-state index contributed by atoms with van der Waals surface area (Å²) < 4.78 is 35.3. The molecule has 1 N–H and O–H groups in total. The van der Waals surface area contributed by atoms with E-state index in [1.807, 2.05) is 0 Å². The zero-order chi connectivity index (χ0) is 24.3. The molecule has 2 heterocycles. The summed E-state index contributed by atoms with van der Waals surface area (Å²) in [5.41, 5.74) is 0.551. The molecule has 2 amide bonds. The summed E-state index contributed by atoms with van der Waals surface area (Å²) in [7, 11) is -2.50. The number of hydrogen-bond acceptors (Lipinski definition) is 7. The Labute approximate surface area is 211 Å². The van der Waals surface area contributed by atoms with Gasteiger partial charge in [-0.3, -0.25) is 14.5 Å². The molecule has 1 aromatic carbocycles. The SMILES string of the molecule is COc1cccc(NC(=O)C[C@@H]2SC(=NS(=O)(=O)c3ccc(Cl)s3)N(C3CCCCC3)C2=O)c1. The number of thioether (sulfide) groups is 1. The molecule has 34 heavy (non-hydrogen) atoms. The van der Waals surface area contributed by atoms with Crippen LogP contribution in [0.15, 0.2) is 45.0 Å². The molecule has 1 saturated carbocycles. The first-order valence-electron chi connectivity index (χ1n) is 10.8. The number of anilines is 1. The van der Waals surface area contributed by atoms with Crippen molar-refractivity contribution < 1.29 is 22.7 Å². The van der Waals surface area contributed by atoms with E-state index in [2.05, 4.69) is 9.71 Å². The normalized spacial score (nSPS) is 20.6. The van der Waals surface area contributed by atoms with Gasteiger partial charge in [0.15, 0.2) is 5.17 Å². The van der Waals surface area contributed by atoms with Crippen molar-refractivity contribution >= 4 is 67.4 Å². The first-order chi connectivity index (χ1) is 16.3. The van der Waals surface area contributed by atoms with E-state index in [4.69, 9.17) is 16.3 Å². The fraction of sp³-hybridized carbons (Fsp3) is 0.409. The quantitative estimate of drug-likeness (QED) is 0.542. The highest BCUT2D eigenvalue weighted by molar-refractivity contribution is 8.16. The maximum absolute atomic E-state index is 13.3. The molecule has 2 aromatic rings. The molecular weight excluding hydrogens is 518 g/mol. The molecule has 2 aliphatic rings. The molecule has 2 fully saturated rings. The number of nitrogens with one attached hydrogen (secondary N) is 1. The zero-order valence-corrected chi connectivity index (χ0v) is 21.6. The first kappa shape index (κ1) is 25.0. The molecule has 12 heteroatoms. The molecular formula is C22H24ClN3O5S3. The maximum Gasteiger partial charge on any atom is 0.294 e. The van der Waals surface area contributed by atoms with Crippen LogP contribution < -0.4 is 10.1 Å². The van der Waals surface area contributed by atoms with Gasteiger partial charge in [-0.25, -0.2) is 0 Å². The number of benzene rings is 1. The van der Waals surface area contributed by atoms with Gasteiger partial charge in [0.05, 0.1) is 11.4 Å². The monoisotopic (exact) mass is 541 g/mol. The number of carbonyl (C=O) groups excluding carboxylic acids is 2. The largest absolute Gasteiger partial charge is 0.497 e. The van der Waals surface area contributed by atoms with Crippen molar-refractivity contribution in [2.75, 3.05) is 12.4 Å². The van der Waals surface area contributed by atoms with E-state index in [0.29, 0.717) is 15.8 Å². The van der Waals surface area contributed by atoms with Crippen LogP contribution in [0.4, 0.5) is 5.69 Å². The van der Waals surface area contributed by atoms with Crippen LogP contribution in [0.5, 0.6) is 5.75 Å². The Balaban J connectivity index is 1.56. The molecule has 0 radical (unpaired) electrons. The highest BCUT2D eigenvalue weighted by atomic mass is 35.5. The number of sulfonamides is 1. The summed E-state index contributed by atoms with van der Waals surface area (Å²) in [5.74, 6) is -0.0337. The lowest BCUT2D eigenvalue weighted by Gasteiger charge is -2.30. The van der Waals surface area contributed by atoms with Gasteiger partial charge in [-0.05, 0) is 37.1 Å². The number of ether oxygens (including phenoxy) is 1. The minimum atomic E-state index is -4.03. The van der Waals surface area contributed by atoms with E-state index in [-0.39, 0.29) is 33.7 Å². The molecule has 0 bridgehead atoms. The van der Waals surface area contributed by atoms with Crippen LogP contribution in [-0.4, -0.2) is 48.7 Å². The lowest BCUT2D eigenvalue weighted by atomic mass is 9.94. The van der Waals surface area contributed by atoms with Crippen molar-refractivity contribution in [2.24, 2.45) is 4.40 Å². The Morgan fingerprint density at radius 3 is 2.68 bits per heavy atom. The first-order valence-corrected chi connectivity index (χ1v) is 14.3. The van der Waals surface area contributed by atoms with Gasteiger partial charge in [0.2, 0.25) is 11.8 Å². The van der Waals surface area contributed by atoms with Gasteiger partial charge in [0.25, 0.3) is 10.0 Å². The van der Waals surface area contributed by atoms with Crippen LogP contribution in [0.25, 0.3) is 0 Å². The minimum absolute atomic E-state index is 0.0147. The second-order valence-corrected chi connectivity index (χ2v) is 12.7. The topological polar surface area (TPSA) is 105 Å². The number of methoxy groups -OCH3 is 1. The van der Waals surface area contributed by atoms with E-state index in [9.17, 15) is 18.0 Å². The molecule has 0 unspecified atom stereocenters. The van der Waals surface area contributed by atoms with Crippen molar-refractivity contribution in [3.63, 3.8) is 0 Å². The van der Waals surface area contributed by atoms with Crippen molar-refractivity contribution in [1.82, 2.24) is 4.90 Å². The van der Waals surface area contributed by atoms with Gasteiger partial charge in [0.1, 0.15) is 15.2 Å². The van der Waals surface area contributed by atoms with Crippen LogP contribution in [-0.2, 0) is 19.6 Å². The van der Waals surface area contributed by atoms with E-state index in [1.54, 1.807) is 24.3 Å². The standard InChI is InChI=1S/C22H24ClN3O5S3/c1-31-16-9-5-6-14(12-16)24-19(27)13-17-21(28)26(15-7-3-2-4-8-15)22(32-17)25-34(29,30)20-11-10-18(23)33-20/h5-6,9-12,15,17H,2-4,7-8,13H2,1H3,(H,24,27)/t17-/m0/s1. The molecule has 1 saturated heterocycles. The third-order valence-corrected chi connectivity index (χ3v) is 9.86. The number of halogens is 1. The van der Waals surface area contributed by atoms with Gasteiger partial charge < -0.3 is 10.1 Å². The van der Waals surface area contributed by atoms with Gasteiger partial charge in [-0.1, -0.05) is 48.7 Å². The number of rotatable bonds is 7. The molecule has 1 atom stereocenters. The predicted molar refractivity (Wildman–Crippen MR) is 135 cm³/mol. The average molecular weight is 542 g/mol. The lowest BCUT2D eigenvalue weighted by molar-refractivity contribution is -0.130. The predicted octanol–water partition coefficient (Wildman–Crippen LogP) is 4.76. The van der Waals surface area contributed by atoms with E-state index < -0.39 is 15.3 Å². The summed E-state index contributed by atoms with van der Waals surface area (Å²) >= 11 is 7.85. The Morgan fingerprint density at radius 1 is 1.24 bits per heavy atom. The number of amides is 2. The number of thiophene rings is 1. The third-order valence-electron chi connectivity index (χ3n) is 5.63. The van der Waals surface area contributed by atoms with Crippen LogP contribution >= 0.6 is 34.7 Å². The number of amidine groups is 1. The Hall–Kier alpha value is -2.08. The Bertz CT molecular complexity index is 1210. The smallest absolute Gasteiger partial charge is 0.294 e. The van der Waals surface area contributed by atoms with Crippen LogP contribution in [0.2, 0.25) is 4.34 Å². The molecule has 1 aromatic heterocycles. The second kappa shape index (κ2) is 10.7. The Kier molecular flexibility index (Phi) is 7.86. The number of nitrogens with zero attached hydrogens (tertiary/aromatic N) is 2. The van der Waals surface area contributed by atoms with Gasteiger partial charge in [-0.15, -0.1) is 15.7 Å². The summed E-state index contributed by atoms with van der Waals surface area (Å²) in [6.07, 6.45) is 4.45. The average Bonchev–Trinajstić information content (AvgIpc) is 3.38. The molecule has 8 nitrogen and oxygen atoms in total. The summed E-state index contributed by atoms with van der Waals surface area (Å²) in [4.78, 5) is 27.5. The molecule has 1 aliphatic heterocycles. The number of carbonyl (C=O) groups is 2. The zero-order valence-electron chi connectivity index (χ0n) is 18.4. The van der Waals surface area contributed by atoms with Crippen molar-refractivity contribution in [3.05, 3.63) is 40.7 Å². The number of hydrogen-bond donors (Lipinski definition) is 1. The maximum atomic E-state index is 13.3. The minimum Gasteiger partial charge on any atom is -0.497 e. The van der Waals surface area contributed by atoms with Gasteiger partial charge >= 0.3 is 0 Å².